The summed E-state index contributed by atoms with van der Waals surface area (Å²) in [5.74, 6) is 0.643. The lowest BCUT2D eigenvalue weighted by Gasteiger charge is -2.24. The Bertz CT molecular complexity index is 854. The number of anilines is 1. The minimum atomic E-state index is -0.444. The number of amides is 1. The zero-order valence-corrected chi connectivity index (χ0v) is 16.5. The number of benzene rings is 1. The Labute approximate surface area is 166 Å². The lowest BCUT2D eigenvalue weighted by molar-refractivity contribution is -0.130. The molecule has 0 aliphatic carbocycles. The minimum absolute atomic E-state index is 0.131. The number of hydrazine groups is 1. The maximum atomic E-state index is 12.3. The van der Waals surface area contributed by atoms with Crippen molar-refractivity contribution in [3.63, 3.8) is 0 Å². The van der Waals surface area contributed by atoms with E-state index in [1.807, 2.05) is 30.3 Å². The fourth-order valence-corrected chi connectivity index (χ4v) is 3.84. The number of carbonyl (C=O) groups is 2. The highest BCUT2D eigenvalue weighted by Gasteiger charge is 2.37. The number of carbonyl (C=O) groups excluding carboxylic acids is 2. The Morgan fingerprint density at radius 3 is 2.85 bits per heavy atom. The molecule has 2 N–H and O–H groups in total. The highest BCUT2D eigenvalue weighted by atomic mass is 32.2. The zero-order chi connectivity index (χ0) is 19.4. The molecular formula is C18H19N3O4S2. The molecule has 0 radical (unpaired) electrons. The van der Waals surface area contributed by atoms with Crippen LogP contribution >= 0.6 is 24.0 Å². The van der Waals surface area contributed by atoms with Crippen molar-refractivity contribution in [2.75, 3.05) is 17.7 Å². The second-order valence-electron chi connectivity index (χ2n) is 5.70. The molecule has 1 saturated heterocycles. The maximum Gasteiger partial charge on any atom is 0.341 e. The molecule has 142 valence electrons. The van der Waals surface area contributed by atoms with Crippen molar-refractivity contribution in [1.29, 1.82) is 0 Å². The summed E-state index contributed by atoms with van der Waals surface area (Å²) < 4.78 is 10.8. The minimum Gasteiger partial charge on any atom is -0.462 e. The normalized spacial score (nSPS) is 16.3. The number of thioether (sulfide) groups is 1. The summed E-state index contributed by atoms with van der Waals surface area (Å²) in [6, 6.07) is 11.0. The molecule has 1 fully saturated rings. The Hall–Kier alpha value is -2.52. The third-order valence-electron chi connectivity index (χ3n) is 3.80. The van der Waals surface area contributed by atoms with Gasteiger partial charge in [-0.15, -0.1) is 11.8 Å². The smallest absolute Gasteiger partial charge is 0.341 e. The summed E-state index contributed by atoms with van der Waals surface area (Å²) in [6.07, 6.45) is 0. The van der Waals surface area contributed by atoms with E-state index >= 15 is 0 Å². The Balaban J connectivity index is 1.73. The first-order valence-corrected chi connectivity index (χ1v) is 9.79. The Kier molecular flexibility index (Phi) is 6.02. The van der Waals surface area contributed by atoms with Crippen LogP contribution in [-0.2, 0) is 9.53 Å². The topological polar surface area (TPSA) is 83.8 Å². The van der Waals surface area contributed by atoms with Crippen molar-refractivity contribution < 1.29 is 18.7 Å². The van der Waals surface area contributed by atoms with Crippen LogP contribution in [0, 0.1) is 6.92 Å². The molecule has 1 aromatic carbocycles. The van der Waals surface area contributed by atoms with Crippen LogP contribution in [0.2, 0.25) is 0 Å². The number of rotatable bonds is 5. The van der Waals surface area contributed by atoms with E-state index in [0.717, 1.165) is 5.69 Å². The molecule has 7 nitrogen and oxygen atoms in total. The summed E-state index contributed by atoms with van der Waals surface area (Å²) in [5, 5.41) is 4.29. The van der Waals surface area contributed by atoms with Crippen LogP contribution in [0.15, 0.2) is 40.8 Å². The number of esters is 1. The van der Waals surface area contributed by atoms with Crippen LogP contribution < -0.4 is 10.7 Å². The number of furan rings is 1. The van der Waals surface area contributed by atoms with Gasteiger partial charge >= 0.3 is 5.97 Å². The second-order valence-corrected chi connectivity index (χ2v) is 7.17. The number of ether oxygens (including phenoxy) is 1. The molecule has 27 heavy (non-hydrogen) atoms. The fourth-order valence-electron chi connectivity index (χ4n) is 2.58. The van der Waals surface area contributed by atoms with E-state index < -0.39 is 11.3 Å². The van der Waals surface area contributed by atoms with Crippen molar-refractivity contribution in [2.45, 2.75) is 19.2 Å². The summed E-state index contributed by atoms with van der Waals surface area (Å²) in [7, 11) is 0. The van der Waals surface area contributed by atoms with E-state index in [1.165, 1.54) is 16.8 Å². The van der Waals surface area contributed by atoms with Crippen molar-refractivity contribution in [2.24, 2.45) is 0 Å². The van der Waals surface area contributed by atoms with Crippen molar-refractivity contribution >= 4 is 46.7 Å². The molecule has 1 unspecified atom stereocenters. The molecule has 1 aliphatic heterocycles. The lowest BCUT2D eigenvalue weighted by Crippen LogP contribution is -2.46. The predicted octanol–water partition coefficient (Wildman–Crippen LogP) is 3.24. The first-order chi connectivity index (χ1) is 13.0. The number of hydrogen-bond acceptors (Lipinski definition) is 6. The number of aryl methyl sites for hydroxylation is 1. The van der Waals surface area contributed by atoms with Gasteiger partial charge < -0.3 is 14.5 Å². The van der Waals surface area contributed by atoms with E-state index in [0.29, 0.717) is 17.1 Å². The van der Waals surface area contributed by atoms with Crippen LogP contribution in [0.25, 0.3) is 0 Å². The van der Waals surface area contributed by atoms with Crippen LogP contribution in [0.1, 0.15) is 34.2 Å². The molecule has 0 bridgehead atoms. The van der Waals surface area contributed by atoms with Gasteiger partial charge in [-0.1, -0.05) is 18.2 Å². The van der Waals surface area contributed by atoms with Crippen LogP contribution in [-0.4, -0.2) is 34.4 Å². The van der Waals surface area contributed by atoms with Crippen molar-refractivity contribution in [3.05, 3.63) is 53.5 Å². The number of para-hydroxylation sites is 1. The molecule has 1 amide bonds. The number of hydrogen-bond donors (Lipinski definition) is 2. The van der Waals surface area contributed by atoms with Gasteiger partial charge in [0.2, 0.25) is 0 Å². The molecular weight excluding hydrogens is 386 g/mol. The standard InChI is InChI=1S/C18H19N3O4S2/c1-3-24-17(23)13-9-14(25-11(13)2)16-21(15(22)10-27-16)20-18(26)19-12-7-5-4-6-8-12/h4-9,16H,3,10H2,1-2H3,(H2,19,20,26). The zero-order valence-electron chi connectivity index (χ0n) is 14.9. The average molecular weight is 406 g/mol. The quantitative estimate of drug-likeness (QED) is 0.579. The van der Waals surface area contributed by atoms with Gasteiger partial charge in [-0.05, 0) is 44.3 Å². The summed E-state index contributed by atoms with van der Waals surface area (Å²) in [5.41, 5.74) is 4.08. The van der Waals surface area contributed by atoms with Crippen LogP contribution in [0.5, 0.6) is 0 Å². The first kappa shape index (κ1) is 19.2. The van der Waals surface area contributed by atoms with Gasteiger partial charge in [-0.2, -0.15) is 0 Å². The highest BCUT2D eigenvalue weighted by Crippen LogP contribution is 2.39. The van der Waals surface area contributed by atoms with Crippen molar-refractivity contribution in [3.8, 4) is 0 Å². The summed E-state index contributed by atoms with van der Waals surface area (Å²) in [6.45, 7) is 3.71. The van der Waals surface area contributed by atoms with E-state index in [-0.39, 0.29) is 23.4 Å². The Morgan fingerprint density at radius 2 is 2.15 bits per heavy atom. The monoisotopic (exact) mass is 405 g/mol. The second kappa shape index (κ2) is 8.45. The number of nitrogens with one attached hydrogen (secondary N) is 2. The number of thiocarbonyl (C=S) groups is 1. The highest BCUT2D eigenvalue weighted by molar-refractivity contribution is 8.00. The molecule has 1 aromatic heterocycles. The third kappa shape index (κ3) is 4.42. The van der Waals surface area contributed by atoms with Gasteiger partial charge in [0.25, 0.3) is 5.91 Å². The molecule has 1 atom stereocenters. The summed E-state index contributed by atoms with van der Waals surface area (Å²) >= 11 is 6.69. The van der Waals surface area contributed by atoms with Gasteiger partial charge in [0.05, 0.1) is 12.4 Å². The lowest BCUT2D eigenvalue weighted by atomic mass is 10.2. The molecule has 2 aromatic rings. The third-order valence-corrected chi connectivity index (χ3v) is 5.16. The SMILES string of the molecule is CCOC(=O)c1cc(C2SCC(=O)N2NC(=S)Nc2ccccc2)oc1C. The summed E-state index contributed by atoms with van der Waals surface area (Å²) in [4.78, 5) is 24.3. The van der Waals surface area contributed by atoms with Crippen LogP contribution in [0.4, 0.5) is 5.69 Å². The van der Waals surface area contributed by atoms with Gasteiger partial charge in [-0.3, -0.25) is 10.2 Å². The van der Waals surface area contributed by atoms with Crippen LogP contribution in [0.3, 0.4) is 0 Å². The van der Waals surface area contributed by atoms with Gasteiger partial charge in [-0.25, -0.2) is 9.80 Å². The first-order valence-electron chi connectivity index (χ1n) is 8.33. The van der Waals surface area contributed by atoms with Crippen molar-refractivity contribution in [1.82, 2.24) is 10.4 Å². The largest absolute Gasteiger partial charge is 0.462 e. The predicted molar refractivity (Wildman–Crippen MR) is 107 cm³/mol. The molecule has 0 saturated carbocycles. The van der Waals surface area contributed by atoms with E-state index in [9.17, 15) is 9.59 Å². The molecule has 2 heterocycles. The van der Waals surface area contributed by atoms with E-state index in [4.69, 9.17) is 21.4 Å². The molecule has 1 aliphatic rings. The fraction of sp³-hybridized carbons (Fsp3) is 0.278. The van der Waals surface area contributed by atoms with Gasteiger partial charge in [0.1, 0.15) is 17.1 Å². The number of nitrogens with zero attached hydrogens (tertiary/aromatic N) is 1. The van der Waals surface area contributed by atoms with Gasteiger partial charge in [0, 0.05) is 5.69 Å². The Morgan fingerprint density at radius 1 is 1.41 bits per heavy atom. The maximum absolute atomic E-state index is 12.3. The molecule has 0 spiro atoms. The average Bonchev–Trinajstić information content (AvgIpc) is 3.19. The molecule has 9 heteroatoms. The van der Waals surface area contributed by atoms with E-state index in [2.05, 4.69) is 10.7 Å². The molecule has 3 rings (SSSR count). The van der Waals surface area contributed by atoms with Gasteiger partial charge in [0.15, 0.2) is 10.5 Å². The van der Waals surface area contributed by atoms with E-state index in [1.54, 1.807) is 19.9 Å².